The van der Waals surface area contributed by atoms with Crippen molar-refractivity contribution in [1.82, 2.24) is 4.72 Å². The van der Waals surface area contributed by atoms with Crippen molar-refractivity contribution in [1.29, 1.82) is 0 Å². The molecule has 16 heavy (non-hydrogen) atoms. The maximum atomic E-state index is 11.8. The Kier molecular flexibility index (Phi) is 6.47. The van der Waals surface area contributed by atoms with Crippen molar-refractivity contribution < 1.29 is 13.2 Å². The average Bonchev–Trinajstić information content (AvgIpc) is 1.98. The number of nitrogens with two attached hydrogens (primary N) is 1. The van der Waals surface area contributed by atoms with E-state index in [1.165, 1.54) is 0 Å². The largest absolute Gasteiger partial charge is 0.383 e. The SMILES string of the molecule is COCC(CCN)NS(=O)(=O)CC(C)(C)C. The Hall–Kier alpha value is -0.170. The Morgan fingerprint density at radius 2 is 1.94 bits per heavy atom. The molecule has 0 fully saturated rings. The predicted molar refractivity (Wildman–Crippen MR) is 65.7 cm³/mol. The molecule has 0 aliphatic rings. The van der Waals surface area contributed by atoms with Gasteiger partial charge in [0.05, 0.1) is 12.4 Å². The van der Waals surface area contributed by atoms with E-state index in [-0.39, 0.29) is 17.2 Å². The van der Waals surface area contributed by atoms with Crippen LogP contribution < -0.4 is 10.5 Å². The number of ether oxygens (including phenoxy) is 1. The summed E-state index contributed by atoms with van der Waals surface area (Å²) in [5, 5.41) is 0. The molecule has 0 aromatic rings. The van der Waals surface area contributed by atoms with Gasteiger partial charge in [0.25, 0.3) is 0 Å². The van der Waals surface area contributed by atoms with Crippen molar-refractivity contribution in [3.05, 3.63) is 0 Å². The Bertz CT molecular complexity index is 277. The van der Waals surface area contributed by atoms with Crippen LogP contribution in [-0.4, -0.2) is 40.5 Å². The van der Waals surface area contributed by atoms with Gasteiger partial charge in [-0.05, 0) is 18.4 Å². The summed E-state index contributed by atoms with van der Waals surface area (Å²) in [5.74, 6) is 0.102. The van der Waals surface area contributed by atoms with Crippen LogP contribution in [0.1, 0.15) is 27.2 Å². The summed E-state index contributed by atoms with van der Waals surface area (Å²) < 4.78 is 31.2. The highest BCUT2D eigenvalue weighted by Gasteiger charge is 2.24. The van der Waals surface area contributed by atoms with Gasteiger partial charge < -0.3 is 10.5 Å². The molecule has 0 saturated carbocycles. The highest BCUT2D eigenvalue weighted by Crippen LogP contribution is 2.15. The van der Waals surface area contributed by atoms with Gasteiger partial charge in [-0.3, -0.25) is 0 Å². The summed E-state index contributed by atoms with van der Waals surface area (Å²) in [6, 6.07) is -0.234. The summed E-state index contributed by atoms with van der Waals surface area (Å²) in [7, 11) is -1.73. The molecule has 0 radical (unpaired) electrons. The summed E-state index contributed by atoms with van der Waals surface area (Å²) in [6.45, 7) is 6.45. The Morgan fingerprint density at radius 3 is 2.31 bits per heavy atom. The maximum absolute atomic E-state index is 11.8. The Balaban J connectivity index is 4.41. The monoisotopic (exact) mass is 252 g/mol. The van der Waals surface area contributed by atoms with Crippen molar-refractivity contribution in [2.45, 2.75) is 33.2 Å². The van der Waals surface area contributed by atoms with Gasteiger partial charge in [0.1, 0.15) is 0 Å². The number of nitrogens with one attached hydrogen (secondary N) is 1. The van der Waals surface area contributed by atoms with Crippen LogP contribution in [0.4, 0.5) is 0 Å². The van der Waals surface area contributed by atoms with E-state index in [0.29, 0.717) is 19.6 Å². The van der Waals surface area contributed by atoms with E-state index < -0.39 is 10.0 Å². The second-order valence-electron chi connectivity index (χ2n) is 5.17. The van der Waals surface area contributed by atoms with Crippen LogP contribution in [0.15, 0.2) is 0 Å². The molecule has 5 nitrogen and oxygen atoms in total. The van der Waals surface area contributed by atoms with Gasteiger partial charge in [-0.1, -0.05) is 20.8 Å². The van der Waals surface area contributed by atoms with Crippen LogP contribution in [-0.2, 0) is 14.8 Å². The van der Waals surface area contributed by atoms with Crippen LogP contribution in [0.2, 0.25) is 0 Å². The highest BCUT2D eigenvalue weighted by molar-refractivity contribution is 7.89. The topological polar surface area (TPSA) is 81.4 Å². The standard InChI is InChI=1S/C10H24N2O3S/c1-10(2,3)8-16(13,14)12-9(5-6-11)7-15-4/h9,12H,5-8,11H2,1-4H3. The van der Waals surface area contributed by atoms with Crippen molar-refractivity contribution in [2.24, 2.45) is 11.1 Å². The van der Waals surface area contributed by atoms with Crippen molar-refractivity contribution in [3.8, 4) is 0 Å². The quantitative estimate of drug-likeness (QED) is 0.683. The van der Waals surface area contributed by atoms with Gasteiger partial charge in [-0.25, -0.2) is 13.1 Å². The number of hydrogen-bond acceptors (Lipinski definition) is 4. The van der Waals surface area contributed by atoms with Gasteiger partial charge in [-0.2, -0.15) is 0 Å². The first-order chi connectivity index (χ1) is 7.20. The molecule has 6 heteroatoms. The molecule has 0 heterocycles. The second-order valence-corrected chi connectivity index (χ2v) is 6.92. The van der Waals surface area contributed by atoms with Crippen LogP contribution in [0.25, 0.3) is 0 Å². The molecule has 0 aliphatic carbocycles. The average molecular weight is 252 g/mol. The minimum absolute atomic E-state index is 0.102. The van der Waals surface area contributed by atoms with E-state index in [1.807, 2.05) is 20.8 Å². The van der Waals surface area contributed by atoms with E-state index in [0.717, 1.165) is 0 Å². The Labute approximate surface area is 98.8 Å². The summed E-state index contributed by atoms with van der Waals surface area (Å²) in [5.41, 5.74) is 5.16. The van der Waals surface area contributed by atoms with Gasteiger partial charge in [0.2, 0.25) is 10.0 Å². The maximum Gasteiger partial charge on any atom is 0.212 e. The summed E-state index contributed by atoms with van der Waals surface area (Å²) in [6.07, 6.45) is 0.581. The van der Waals surface area contributed by atoms with Gasteiger partial charge in [0.15, 0.2) is 0 Å². The van der Waals surface area contributed by atoms with Gasteiger partial charge in [0, 0.05) is 13.2 Å². The number of sulfonamides is 1. The molecule has 3 N–H and O–H groups in total. The van der Waals surface area contributed by atoms with Crippen LogP contribution in [0.3, 0.4) is 0 Å². The molecule has 98 valence electrons. The molecule has 0 aliphatic heterocycles. The van der Waals surface area contributed by atoms with Crippen molar-refractivity contribution >= 4 is 10.0 Å². The third kappa shape index (κ3) is 8.04. The van der Waals surface area contributed by atoms with Crippen molar-refractivity contribution in [3.63, 3.8) is 0 Å². The van der Waals surface area contributed by atoms with Gasteiger partial charge in [-0.15, -0.1) is 0 Å². The minimum Gasteiger partial charge on any atom is -0.383 e. The first-order valence-corrected chi connectivity index (χ1v) is 7.04. The third-order valence-corrected chi connectivity index (χ3v) is 3.79. The van der Waals surface area contributed by atoms with E-state index >= 15 is 0 Å². The smallest absolute Gasteiger partial charge is 0.212 e. The zero-order valence-corrected chi connectivity index (χ0v) is 11.4. The molecule has 0 saturated heterocycles. The molecule has 0 rings (SSSR count). The Morgan fingerprint density at radius 1 is 1.38 bits per heavy atom. The highest BCUT2D eigenvalue weighted by atomic mass is 32.2. The first kappa shape index (κ1) is 15.8. The van der Waals surface area contributed by atoms with E-state index in [2.05, 4.69) is 4.72 Å². The first-order valence-electron chi connectivity index (χ1n) is 5.39. The lowest BCUT2D eigenvalue weighted by Gasteiger charge is -2.22. The van der Waals surface area contributed by atoms with E-state index in [9.17, 15) is 8.42 Å². The lowest BCUT2D eigenvalue weighted by molar-refractivity contribution is 0.172. The van der Waals surface area contributed by atoms with Gasteiger partial charge >= 0.3 is 0 Å². The molecule has 0 aromatic heterocycles. The zero-order chi connectivity index (χ0) is 12.8. The van der Waals surface area contributed by atoms with Crippen LogP contribution in [0.5, 0.6) is 0 Å². The zero-order valence-electron chi connectivity index (χ0n) is 10.6. The van der Waals surface area contributed by atoms with E-state index in [1.54, 1.807) is 7.11 Å². The summed E-state index contributed by atoms with van der Waals surface area (Å²) >= 11 is 0. The van der Waals surface area contributed by atoms with Crippen molar-refractivity contribution in [2.75, 3.05) is 26.0 Å². The molecule has 0 spiro atoms. The molecular formula is C10H24N2O3S. The number of methoxy groups -OCH3 is 1. The molecule has 0 amide bonds. The fraction of sp³-hybridized carbons (Fsp3) is 1.00. The molecule has 1 atom stereocenters. The second kappa shape index (κ2) is 6.54. The van der Waals surface area contributed by atoms with Crippen LogP contribution in [0, 0.1) is 5.41 Å². The third-order valence-electron chi connectivity index (χ3n) is 1.85. The van der Waals surface area contributed by atoms with E-state index in [4.69, 9.17) is 10.5 Å². The minimum atomic E-state index is -3.27. The number of hydrogen-bond donors (Lipinski definition) is 2. The number of rotatable bonds is 7. The fourth-order valence-electron chi connectivity index (χ4n) is 1.44. The summed E-state index contributed by atoms with van der Waals surface area (Å²) in [4.78, 5) is 0. The predicted octanol–water partition coefficient (Wildman–Crippen LogP) is 0.316. The molecule has 0 aromatic carbocycles. The lowest BCUT2D eigenvalue weighted by atomic mass is 10.0. The molecular weight excluding hydrogens is 228 g/mol. The molecule has 1 unspecified atom stereocenters. The fourth-order valence-corrected chi connectivity index (χ4v) is 3.36. The normalized spacial score (nSPS) is 15.1. The lowest BCUT2D eigenvalue weighted by Crippen LogP contribution is -2.42. The molecule has 0 bridgehead atoms. The van der Waals surface area contributed by atoms with Crippen LogP contribution >= 0.6 is 0 Å².